The predicted molar refractivity (Wildman–Crippen MR) is 75.2 cm³/mol. The average molecular weight is 314 g/mol. The normalized spacial score (nSPS) is 11.6. The van der Waals surface area contributed by atoms with E-state index in [1.807, 2.05) is 0 Å². The van der Waals surface area contributed by atoms with Crippen molar-refractivity contribution in [2.24, 2.45) is 0 Å². The Hall–Kier alpha value is -2.13. The molecule has 0 bridgehead atoms. The Bertz CT molecular complexity index is 563. The zero-order valence-corrected chi connectivity index (χ0v) is 12.2. The summed E-state index contributed by atoms with van der Waals surface area (Å²) in [5.74, 6) is -1.52. The number of ether oxygens (including phenoxy) is 1. The summed E-state index contributed by atoms with van der Waals surface area (Å²) >= 11 is 1.18. The maximum Gasteiger partial charge on any atom is 0.330 e. The monoisotopic (exact) mass is 314 g/mol. The lowest BCUT2D eigenvalue weighted by Crippen LogP contribution is -2.44. The van der Waals surface area contributed by atoms with Crippen LogP contribution in [0.15, 0.2) is 23.1 Å². The summed E-state index contributed by atoms with van der Waals surface area (Å²) in [6, 6.07) is 2.75. The summed E-state index contributed by atoms with van der Waals surface area (Å²) in [5, 5.41) is 22.2. The van der Waals surface area contributed by atoms with Gasteiger partial charge in [0.25, 0.3) is 11.6 Å². The van der Waals surface area contributed by atoms with Crippen molar-refractivity contribution < 1.29 is 24.4 Å². The van der Waals surface area contributed by atoms with Crippen molar-refractivity contribution in [1.29, 1.82) is 0 Å². The summed E-state index contributed by atoms with van der Waals surface area (Å²) in [7, 11) is 1.12. The summed E-state index contributed by atoms with van der Waals surface area (Å²) < 4.78 is 4.41. The molecule has 1 aromatic rings. The third kappa shape index (κ3) is 4.17. The van der Waals surface area contributed by atoms with Crippen molar-refractivity contribution in [3.63, 3.8) is 0 Å². The molecule has 9 heteroatoms. The van der Waals surface area contributed by atoms with E-state index >= 15 is 0 Å². The molecule has 0 spiro atoms. The van der Waals surface area contributed by atoms with Gasteiger partial charge in [-0.2, -0.15) is 0 Å². The van der Waals surface area contributed by atoms with Crippen LogP contribution in [-0.4, -0.2) is 47.9 Å². The third-order valence-corrected chi connectivity index (χ3v) is 3.40. The number of rotatable bonds is 6. The Balaban J connectivity index is 3.00. The largest absolute Gasteiger partial charge is 0.467 e. The van der Waals surface area contributed by atoms with Gasteiger partial charge in [-0.05, 0) is 18.4 Å². The summed E-state index contributed by atoms with van der Waals surface area (Å²) in [6.45, 7) is -0.636. The first-order valence-electron chi connectivity index (χ1n) is 5.76. The van der Waals surface area contributed by atoms with Gasteiger partial charge in [0.05, 0.1) is 23.5 Å². The maximum atomic E-state index is 11.9. The van der Waals surface area contributed by atoms with Crippen molar-refractivity contribution in [1.82, 2.24) is 5.32 Å². The molecule has 0 saturated heterocycles. The number of esters is 1. The van der Waals surface area contributed by atoms with E-state index in [-0.39, 0.29) is 11.3 Å². The fourth-order valence-electron chi connectivity index (χ4n) is 1.54. The number of methoxy groups -OCH3 is 1. The quantitative estimate of drug-likeness (QED) is 0.341. The van der Waals surface area contributed by atoms with Crippen molar-refractivity contribution in [3.8, 4) is 0 Å². The molecule has 0 aliphatic rings. The van der Waals surface area contributed by atoms with Crippen LogP contribution in [0, 0.1) is 10.1 Å². The summed E-state index contributed by atoms with van der Waals surface area (Å²) in [4.78, 5) is 34.0. The van der Waals surface area contributed by atoms with Gasteiger partial charge in [-0.15, -0.1) is 11.8 Å². The highest BCUT2D eigenvalue weighted by Crippen LogP contribution is 2.28. The Kier molecular flexibility index (Phi) is 6.12. The average Bonchev–Trinajstić information content (AvgIpc) is 2.50. The molecule has 0 aromatic heterocycles. The smallest absolute Gasteiger partial charge is 0.330 e. The second-order valence-electron chi connectivity index (χ2n) is 3.88. The molecule has 1 unspecified atom stereocenters. The van der Waals surface area contributed by atoms with Crippen LogP contribution < -0.4 is 5.32 Å². The zero-order chi connectivity index (χ0) is 16.0. The number of benzene rings is 1. The van der Waals surface area contributed by atoms with Gasteiger partial charge in [-0.1, -0.05) is 0 Å². The number of carbonyl (C=O) groups excluding carboxylic acids is 2. The lowest BCUT2D eigenvalue weighted by molar-refractivity contribution is -0.387. The lowest BCUT2D eigenvalue weighted by Gasteiger charge is -2.13. The number of hydrogen-bond donors (Lipinski definition) is 2. The summed E-state index contributed by atoms with van der Waals surface area (Å²) in [5.41, 5.74) is -0.185. The van der Waals surface area contributed by atoms with Crippen LogP contribution in [0.25, 0.3) is 0 Å². The van der Waals surface area contributed by atoms with Crippen molar-refractivity contribution in [3.05, 3.63) is 33.9 Å². The van der Waals surface area contributed by atoms with Gasteiger partial charge in [-0.25, -0.2) is 4.79 Å². The van der Waals surface area contributed by atoms with Crippen LogP contribution in [0.1, 0.15) is 10.4 Å². The number of aliphatic hydroxyl groups excluding tert-OH is 1. The van der Waals surface area contributed by atoms with Gasteiger partial charge in [0, 0.05) is 11.6 Å². The van der Waals surface area contributed by atoms with Gasteiger partial charge in [0.1, 0.15) is 0 Å². The minimum atomic E-state index is -1.22. The van der Waals surface area contributed by atoms with Crippen molar-refractivity contribution >= 4 is 29.3 Å². The van der Waals surface area contributed by atoms with E-state index in [1.165, 1.54) is 23.9 Å². The van der Waals surface area contributed by atoms with E-state index in [1.54, 1.807) is 6.26 Å². The van der Waals surface area contributed by atoms with Crippen LogP contribution in [0.2, 0.25) is 0 Å². The van der Waals surface area contributed by atoms with Crippen LogP contribution in [0.3, 0.4) is 0 Å². The van der Waals surface area contributed by atoms with E-state index in [0.29, 0.717) is 4.90 Å². The Morgan fingerprint density at radius 3 is 2.67 bits per heavy atom. The van der Waals surface area contributed by atoms with Crippen molar-refractivity contribution in [2.45, 2.75) is 10.9 Å². The number of carbonyl (C=O) groups is 2. The van der Waals surface area contributed by atoms with E-state index in [4.69, 9.17) is 5.11 Å². The van der Waals surface area contributed by atoms with E-state index in [2.05, 4.69) is 10.1 Å². The second-order valence-corrected chi connectivity index (χ2v) is 4.72. The minimum absolute atomic E-state index is 0.0156. The lowest BCUT2D eigenvalue weighted by atomic mass is 10.1. The molecule has 1 aromatic carbocycles. The number of nitro groups is 1. The topological polar surface area (TPSA) is 119 Å². The van der Waals surface area contributed by atoms with Gasteiger partial charge >= 0.3 is 5.97 Å². The number of nitro benzene ring substituents is 1. The molecule has 0 radical (unpaired) electrons. The van der Waals surface area contributed by atoms with Gasteiger partial charge < -0.3 is 15.2 Å². The number of aliphatic hydroxyl groups is 1. The number of amides is 1. The second kappa shape index (κ2) is 7.60. The van der Waals surface area contributed by atoms with Crippen LogP contribution >= 0.6 is 11.8 Å². The third-order valence-electron chi connectivity index (χ3n) is 2.61. The SMILES string of the molecule is COC(=O)C(CO)NC(=O)c1ccc(SC)c([N+](=O)[O-])c1. The molecule has 0 saturated carbocycles. The fraction of sp³-hybridized carbons (Fsp3) is 0.333. The van der Waals surface area contributed by atoms with Crippen LogP contribution in [0.4, 0.5) is 5.69 Å². The molecular formula is C12H14N2O6S. The molecule has 2 N–H and O–H groups in total. The molecule has 1 rings (SSSR count). The number of nitrogens with one attached hydrogen (secondary N) is 1. The Labute approximate surface area is 124 Å². The first kappa shape index (κ1) is 16.9. The molecule has 8 nitrogen and oxygen atoms in total. The minimum Gasteiger partial charge on any atom is -0.467 e. The van der Waals surface area contributed by atoms with Crippen molar-refractivity contribution in [2.75, 3.05) is 20.0 Å². The Morgan fingerprint density at radius 1 is 1.52 bits per heavy atom. The fourth-order valence-corrected chi connectivity index (χ4v) is 2.08. The molecule has 114 valence electrons. The first-order valence-corrected chi connectivity index (χ1v) is 6.99. The standard InChI is InChI=1S/C12H14N2O6S/c1-20-12(17)8(6-15)13-11(16)7-3-4-10(21-2)9(5-7)14(18)19/h3-5,8,15H,6H2,1-2H3,(H,13,16). The number of thioether (sulfide) groups is 1. The predicted octanol–water partition coefficient (Wildman–Crippen LogP) is 0.580. The zero-order valence-electron chi connectivity index (χ0n) is 11.4. The van der Waals surface area contributed by atoms with Gasteiger partial charge in [-0.3, -0.25) is 14.9 Å². The Morgan fingerprint density at radius 2 is 2.19 bits per heavy atom. The highest BCUT2D eigenvalue weighted by molar-refractivity contribution is 7.98. The first-order chi connectivity index (χ1) is 9.94. The van der Waals surface area contributed by atoms with E-state index in [9.17, 15) is 19.7 Å². The van der Waals surface area contributed by atoms with Gasteiger partial charge in [0.2, 0.25) is 0 Å². The van der Waals surface area contributed by atoms with Gasteiger partial charge in [0.15, 0.2) is 6.04 Å². The van der Waals surface area contributed by atoms with E-state index < -0.39 is 29.4 Å². The number of hydrogen-bond acceptors (Lipinski definition) is 7. The maximum absolute atomic E-state index is 11.9. The summed E-state index contributed by atoms with van der Waals surface area (Å²) in [6.07, 6.45) is 1.68. The molecule has 0 aliphatic heterocycles. The molecular weight excluding hydrogens is 300 g/mol. The molecule has 0 aliphatic carbocycles. The highest BCUT2D eigenvalue weighted by atomic mass is 32.2. The molecule has 1 atom stereocenters. The van der Waals surface area contributed by atoms with Crippen LogP contribution in [-0.2, 0) is 9.53 Å². The number of nitrogens with zero attached hydrogens (tertiary/aromatic N) is 1. The molecule has 1 amide bonds. The highest BCUT2D eigenvalue weighted by Gasteiger charge is 2.23. The van der Waals surface area contributed by atoms with Crippen LogP contribution in [0.5, 0.6) is 0 Å². The molecule has 21 heavy (non-hydrogen) atoms. The molecule has 0 fully saturated rings. The van der Waals surface area contributed by atoms with E-state index in [0.717, 1.165) is 13.2 Å². The molecule has 0 heterocycles.